The summed E-state index contributed by atoms with van der Waals surface area (Å²) in [6.45, 7) is 3.80. The van der Waals surface area contributed by atoms with E-state index in [0.29, 0.717) is 0 Å². The van der Waals surface area contributed by atoms with Crippen LogP contribution in [0.1, 0.15) is 33.1 Å². The first-order valence-electron chi connectivity index (χ1n) is 6.62. The van der Waals surface area contributed by atoms with Crippen molar-refractivity contribution in [1.29, 1.82) is 0 Å². The number of nitro benzene ring substituents is 1. The van der Waals surface area contributed by atoms with Crippen molar-refractivity contribution in [3.63, 3.8) is 0 Å². The first kappa shape index (κ1) is 14.9. The van der Waals surface area contributed by atoms with Crippen LogP contribution in [0, 0.1) is 10.1 Å². The molecule has 2 atom stereocenters. The van der Waals surface area contributed by atoms with E-state index in [2.05, 4.69) is 0 Å². The maximum atomic E-state index is 12.6. The number of sulfonamides is 1. The molecular weight excluding hydrogens is 280 g/mol. The number of nitrogens with zero attached hydrogens (tertiary/aromatic N) is 2. The number of hydrogen-bond donors (Lipinski definition) is 0. The predicted octanol–water partition coefficient (Wildman–Crippen LogP) is 2.55. The summed E-state index contributed by atoms with van der Waals surface area (Å²) in [5, 5.41) is 10.6. The summed E-state index contributed by atoms with van der Waals surface area (Å²) in [5.74, 6) is 0. The van der Waals surface area contributed by atoms with E-state index in [1.165, 1.54) is 28.6 Å². The van der Waals surface area contributed by atoms with Crippen LogP contribution in [0.2, 0.25) is 0 Å². The Morgan fingerprint density at radius 2 is 1.65 bits per heavy atom. The van der Waals surface area contributed by atoms with Gasteiger partial charge in [-0.05, 0) is 38.8 Å². The maximum Gasteiger partial charge on any atom is 0.269 e. The van der Waals surface area contributed by atoms with Gasteiger partial charge in [0.05, 0.1) is 9.82 Å². The second kappa shape index (κ2) is 5.49. The minimum Gasteiger partial charge on any atom is -0.258 e. The van der Waals surface area contributed by atoms with E-state index >= 15 is 0 Å². The minimum atomic E-state index is -3.59. The van der Waals surface area contributed by atoms with Crippen LogP contribution < -0.4 is 0 Å². The van der Waals surface area contributed by atoms with Gasteiger partial charge in [-0.2, -0.15) is 4.31 Å². The first-order chi connectivity index (χ1) is 9.34. The highest BCUT2D eigenvalue weighted by Gasteiger charge is 2.35. The Morgan fingerprint density at radius 1 is 1.15 bits per heavy atom. The van der Waals surface area contributed by atoms with E-state index in [1.807, 2.05) is 13.8 Å². The molecule has 0 aliphatic carbocycles. The third-order valence-corrected chi connectivity index (χ3v) is 5.88. The molecule has 0 N–H and O–H groups in total. The van der Waals surface area contributed by atoms with Crippen LogP contribution in [0.3, 0.4) is 0 Å². The van der Waals surface area contributed by atoms with Crippen molar-refractivity contribution >= 4 is 15.7 Å². The van der Waals surface area contributed by atoms with Gasteiger partial charge in [-0.25, -0.2) is 8.42 Å². The lowest BCUT2D eigenvalue weighted by Crippen LogP contribution is -2.47. The van der Waals surface area contributed by atoms with Crippen molar-refractivity contribution in [2.45, 2.75) is 50.1 Å². The van der Waals surface area contributed by atoms with Crippen molar-refractivity contribution in [2.24, 2.45) is 0 Å². The fraction of sp³-hybridized carbons (Fsp3) is 0.538. The van der Waals surface area contributed by atoms with Crippen LogP contribution in [0.15, 0.2) is 29.2 Å². The lowest BCUT2D eigenvalue weighted by atomic mass is 10.0. The molecule has 1 heterocycles. The van der Waals surface area contributed by atoms with Gasteiger partial charge in [0.2, 0.25) is 10.0 Å². The zero-order valence-corrected chi connectivity index (χ0v) is 12.3. The zero-order valence-electron chi connectivity index (χ0n) is 11.5. The number of rotatable bonds is 3. The lowest BCUT2D eigenvalue weighted by Gasteiger charge is -2.37. The second-order valence-corrected chi connectivity index (χ2v) is 7.06. The Kier molecular flexibility index (Phi) is 4.10. The van der Waals surface area contributed by atoms with Gasteiger partial charge in [0.15, 0.2) is 0 Å². The second-order valence-electron chi connectivity index (χ2n) is 5.21. The predicted molar refractivity (Wildman–Crippen MR) is 74.9 cm³/mol. The van der Waals surface area contributed by atoms with Gasteiger partial charge in [-0.3, -0.25) is 10.1 Å². The molecule has 1 aliphatic heterocycles. The van der Waals surface area contributed by atoms with E-state index in [9.17, 15) is 18.5 Å². The van der Waals surface area contributed by atoms with Gasteiger partial charge in [0.1, 0.15) is 0 Å². The molecule has 0 saturated carbocycles. The molecule has 6 nitrogen and oxygen atoms in total. The van der Waals surface area contributed by atoms with Gasteiger partial charge in [0, 0.05) is 24.2 Å². The van der Waals surface area contributed by atoms with E-state index in [4.69, 9.17) is 0 Å². The van der Waals surface area contributed by atoms with Gasteiger partial charge in [0.25, 0.3) is 5.69 Å². The largest absolute Gasteiger partial charge is 0.269 e. The SMILES string of the molecule is CC1CCCC(C)N1S(=O)(=O)c1ccc([N+](=O)[O-])cc1. The van der Waals surface area contributed by atoms with E-state index in [-0.39, 0.29) is 22.7 Å². The summed E-state index contributed by atoms with van der Waals surface area (Å²) in [7, 11) is -3.59. The standard InChI is InChI=1S/C13H18N2O4S/c1-10-4-3-5-11(2)14(10)20(18,19)13-8-6-12(7-9-13)15(16)17/h6-11H,3-5H2,1-2H3. The van der Waals surface area contributed by atoms with Crippen LogP contribution in [0.25, 0.3) is 0 Å². The summed E-state index contributed by atoms with van der Waals surface area (Å²) < 4.78 is 26.8. The number of benzene rings is 1. The summed E-state index contributed by atoms with van der Waals surface area (Å²) in [6.07, 6.45) is 2.71. The average Bonchev–Trinajstić information content (AvgIpc) is 2.38. The third-order valence-electron chi connectivity index (χ3n) is 3.74. The Bertz CT molecular complexity index is 587. The fourth-order valence-electron chi connectivity index (χ4n) is 2.73. The molecule has 2 unspecified atom stereocenters. The summed E-state index contributed by atoms with van der Waals surface area (Å²) in [6, 6.07) is 4.99. The highest BCUT2D eigenvalue weighted by molar-refractivity contribution is 7.89. The van der Waals surface area contributed by atoms with Gasteiger partial charge in [-0.1, -0.05) is 6.42 Å². The Hall–Kier alpha value is -1.47. The molecule has 0 amide bonds. The molecule has 1 aromatic rings. The number of piperidine rings is 1. The van der Waals surface area contributed by atoms with Crippen LogP contribution in [0.5, 0.6) is 0 Å². The molecule has 1 fully saturated rings. The molecule has 0 spiro atoms. The van der Waals surface area contributed by atoms with E-state index in [1.54, 1.807) is 0 Å². The van der Waals surface area contributed by atoms with Gasteiger partial charge in [-0.15, -0.1) is 0 Å². The highest BCUT2D eigenvalue weighted by atomic mass is 32.2. The summed E-state index contributed by atoms with van der Waals surface area (Å²) in [4.78, 5) is 10.2. The average molecular weight is 298 g/mol. The topological polar surface area (TPSA) is 80.5 Å². The highest BCUT2D eigenvalue weighted by Crippen LogP contribution is 2.30. The minimum absolute atomic E-state index is 0.0426. The van der Waals surface area contributed by atoms with Gasteiger partial charge >= 0.3 is 0 Å². The number of hydrogen-bond acceptors (Lipinski definition) is 4. The first-order valence-corrected chi connectivity index (χ1v) is 8.06. The molecule has 1 saturated heterocycles. The Morgan fingerprint density at radius 3 is 2.10 bits per heavy atom. The molecular formula is C13H18N2O4S. The summed E-state index contributed by atoms with van der Waals surface area (Å²) in [5.41, 5.74) is -0.108. The molecule has 20 heavy (non-hydrogen) atoms. The van der Waals surface area contributed by atoms with Crippen LogP contribution in [-0.2, 0) is 10.0 Å². The smallest absolute Gasteiger partial charge is 0.258 e. The molecule has 110 valence electrons. The van der Waals surface area contributed by atoms with Crippen LogP contribution in [0.4, 0.5) is 5.69 Å². The van der Waals surface area contributed by atoms with E-state index in [0.717, 1.165) is 19.3 Å². The van der Waals surface area contributed by atoms with Crippen LogP contribution in [-0.4, -0.2) is 29.7 Å². The maximum absolute atomic E-state index is 12.6. The van der Waals surface area contributed by atoms with Crippen molar-refractivity contribution < 1.29 is 13.3 Å². The zero-order chi connectivity index (χ0) is 14.9. The fourth-order valence-corrected chi connectivity index (χ4v) is 4.61. The molecule has 2 rings (SSSR count). The molecule has 1 aliphatic rings. The molecule has 1 aromatic carbocycles. The van der Waals surface area contributed by atoms with E-state index < -0.39 is 14.9 Å². The van der Waals surface area contributed by atoms with Crippen molar-refractivity contribution in [3.05, 3.63) is 34.4 Å². The Labute approximate surface area is 118 Å². The normalized spacial score (nSPS) is 24.5. The van der Waals surface area contributed by atoms with Crippen LogP contribution >= 0.6 is 0 Å². The number of non-ortho nitro benzene ring substituents is 1. The molecule has 7 heteroatoms. The van der Waals surface area contributed by atoms with Crippen molar-refractivity contribution in [3.8, 4) is 0 Å². The third kappa shape index (κ3) is 2.69. The van der Waals surface area contributed by atoms with Gasteiger partial charge < -0.3 is 0 Å². The summed E-state index contributed by atoms with van der Waals surface area (Å²) >= 11 is 0. The Balaban J connectivity index is 2.36. The van der Waals surface area contributed by atoms with Crippen molar-refractivity contribution in [1.82, 2.24) is 4.31 Å². The quantitative estimate of drug-likeness (QED) is 0.634. The number of nitro groups is 1. The molecule has 0 radical (unpaired) electrons. The molecule has 0 aromatic heterocycles. The lowest BCUT2D eigenvalue weighted by molar-refractivity contribution is -0.384. The van der Waals surface area contributed by atoms with Crippen molar-refractivity contribution in [2.75, 3.05) is 0 Å². The monoisotopic (exact) mass is 298 g/mol. The molecule has 0 bridgehead atoms.